The molecule has 0 amide bonds. The summed E-state index contributed by atoms with van der Waals surface area (Å²) in [6.07, 6.45) is 1.81. The highest BCUT2D eigenvalue weighted by molar-refractivity contribution is 6.78. The van der Waals surface area contributed by atoms with Crippen molar-refractivity contribution in [3.05, 3.63) is 261 Å². The van der Waals surface area contributed by atoms with Gasteiger partial charge in [-0.15, -0.1) is 0 Å². The number of rotatable bonds is 12. The van der Waals surface area contributed by atoms with Crippen molar-refractivity contribution < 1.29 is 42.1 Å². The van der Waals surface area contributed by atoms with Gasteiger partial charge in [-0.2, -0.15) is 10.5 Å². The Hall–Kier alpha value is -11.7. The van der Waals surface area contributed by atoms with E-state index in [1.165, 1.54) is 0 Å². The second kappa shape index (κ2) is 36.6. The molecule has 32 heteroatoms. The first-order valence-electron chi connectivity index (χ1n) is 37.1. The topological polar surface area (TPSA) is 234 Å². The van der Waals surface area contributed by atoms with Crippen molar-refractivity contribution in [1.29, 1.82) is 10.5 Å². The van der Waals surface area contributed by atoms with Gasteiger partial charge >= 0.3 is 29.8 Å². The van der Waals surface area contributed by atoms with E-state index in [1.54, 1.807) is 0 Å². The molecule has 0 radical (unpaired) electrons. The third kappa shape index (κ3) is 15.2. The fourth-order valence-corrected chi connectivity index (χ4v) is 28.6. The Bertz CT molecular complexity index is 5770. The number of amidine groups is 8. The normalized spacial score (nSPS) is 13.9. The first-order chi connectivity index (χ1) is 57.4. The minimum absolute atomic E-state index is 0.343. The van der Waals surface area contributed by atoms with Crippen molar-refractivity contribution in [2.45, 2.75) is 64.0 Å². The van der Waals surface area contributed by atoms with Gasteiger partial charge in [-0.3, -0.25) is 35.1 Å². The lowest BCUT2D eigenvalue weighted by molar-refractivity contribution is 0.416. The maximum absolute atomic E-state index is 11.4. The van der Waals surface area contributed by atoms with Crippen LogP contribution in [-0.2, 0) is 6.96 Å². The van der Waals surface area contributed by atoms with Crippen molar-refractivity contribution in [3.8, 4) is 12.1 Å². The molecular formula is C85H80Al2F8N18O2Si2. The number of fused-ring (bicyclic) bond motifs is 28. The standard InChI is InChI=1S/2C32H16N8.C13H24N2O2Si2.8CH3F.2Al/c2*1-2-10-18-17(9-1)25-33-26(18)38-28-21-13-5-6-14-22(21)30(35-28)40-32-24-16-8-7-15-23(24)31(36-32)39-29-20-12-4-3-11-19(20)27(34-29)37-25;1-18(2,16)9-5-7-13(11-14,12-15)8-6-10-19(3,4)17;8*1-2;;/h2*1-16H;5-10H2,1-4H3;8*1H3;;/q3*-2;;;;;;;;;2*+3. The third-order valence-electron chi connectivity index (χ3n) is 20.6. The summed E-state index contributed by atoms with van der Waals surface area (Å²) in [6, 6.07) is 72.0. The van der Waals surface area contributed by atoms with Crippen molar-refractivity contribution in [2.75, 3.05) is 57.4 Å². The molecule has 12 aromatic rings. The number of benzene rings is 8. The van der Waals surface area contributed by atoms with E-state index in [2.05, 4.69) is 150 Å². The van der Waals surface area contributed by atoms with Gasteiger partial charge in [0, 0.05) is 87.6 Å². The van der Waals surface area contributed by atoms with Crippen LogP contribution in [0.5, 0.6) is 0 Å². The summed E-state index contributed by atoms with van der Waals surface area (Å²) >= 11 is -6.45. The number of hydrogen-bond donors (Lipinski definition) is 0. The van der Waals surface area contributed by atoms with Gasteiger partial charge in [0.25, 0.3) is 0 Å². The van der Waals surface area contributed by atoms with Gasteiger partial charge in [0.2, 0.25) is 0 Å². The average molecular weight is 1650 g/mol. The molecule has 592 valence electrons. The Morgan fingerprint density at radius 3 is 0.675 bits per heavy atom. The van der Waals surface area contributed by atoms with Crippen LogP contribution in [0.25, 0.3) is 43.1 Å². The highest BCUT2D eigenvalue weighted by Gasteiger charge is 2.49. The summed E-state index contributed by atoms with van der Waals surface area (Å²) in [4.78, 5) is 65.4. The number of aromatic nitrogens is 4. The molecule has 8 aromatic carbocycles. The molecule has 0 saturated carbocycles. The van der Waals surface area contributed by atoms with E-state index in [-0.39, 0.29) is 0 Å². The van der Waals surface area contributed by atoms with E-state index in [0.717, 1.165) is 87.6 Å². The van der Waals surface area contributed by atoms with Crippen molar-refractivity contribution in [1.82, 2.24) is 14.2 Å². The molecule has 0 aliphatic carbocycles. The second-order valence-corrected chi connectivity index (χ2v) is 41.1. The van der Waals surface area contributed by atoms with Crippen molar-refractivity contribution >= 4 is 160 Å². The van der Waals surface area contributed by atoms with Crippen LogP contribution in [0.2, 0.25) is 38.3 Å². The van der Waals surface area contributed by atoms with Crippen LogP contribution < -0.4 is 22.0 Å². The Balaban J connectivity index is 0.000000745. The second-order valence-electron chi connectivity index (χ2n) is 27.8. The smallest absolute Gasteiger partial charge is 0.509 e. The molecule has 12 bridgehead atoms. The predicted octanol–water partition coefficient (Wildman–Crippen LogP) is 17.6. The molecule has 0 saturated heterocycles. The van der Waals surface area contributed by atoms with E-state index in [0.29, 0.717) is 187 Å². The minimum Gasteiger partial charge on any atom is -0.509 e. The summed E-state index contributed by atoms with van der Waals surface area (Å²) in [5.41, 5.74) is 8.42. The first-order valence-corrected chi connectivity index (χ1v) is 46.3. The third-order valence-corrected chi connectivity index (χ3v) is 34.2. The summed E-state index contributed by atoms with van der Waals surface area (Å²) in [6.45, 7) is 8.98. The molecule has 8 aliphatic heterocycles. The van der Waals surface area contributed by atoms with Crippen molar-refractivity contribution in [3.63, 3.8) is 0 Å². The monoisotopic (exact) mass is 1650 g/mol. The average Bonchev–Trinajstić information content (AvgIpc) is 1.56. The molecule has 0 unspecified atom stereocenters. The van der Waals surface area contributed by atoms with Crippen LogP contribution in [-0.4, -0.2) is 165 Å². The van der Waals surface area contributed by atoms with Crippen molar-refractivity contribution in [2.24, 2.45) is 65.3 Å². The molecular weight excluding hydrogens is 1570 g/mol. The zero-order valence-electron chi connectivity index (χ0n) is 66.3. The summed E-state index contributed by atoms with van der Waals surface area (Å²) in [5, 5.41) is 29.9. The molecule has 0 spiro atoms. The zero-order valence-corrected chi connectivity index (χ0v) is 70.6. The van der Waals surface area contributed by atoms with E-state index in [4.69, 9.17) is 66.9 Å². The maximum Gasteiger partial charge on any atom is 0.798 e. The Morgan fingerprint density at radius 1 is 0.282 bits per heavy atom. The number of halogens is 8. The van der Waals surface area contributed by atoms with Gasteiger partial charge in [-0.05, 0) is 51.1 Å². The number of aliphatic imine (C=N–C) groups is 8. The lowest BCUT2D eigenvalue weighted by Crippen LogP contribution is -2.53. The molecule has 117 heavy (non-hydrogen) atoms. The highest BCUT2D eigenvalue weighted by atomic mass is 28.4. The van der Waals surface area contributed by atoms with Crippen LogP contribution in [0.4, 0.5) is 58.4 Å². The lowest BCUT2D eigenvalue weighted by atomic mass is 9.82. The quantitative estimate of drug-likeness (QED) is 0.0857. The van der Waals surface area contributed by atoms with Gasteiger partial charge in [-0.25, -0.2) is 59.9 Å². The van der Waals surface area contributed by atoms with E-state index >= 15 is 0 Å². The zero-order chi connectivity index (χ0) is 83.6. The summed E-state index contributed by atoms with van der Waals surface area (Å²) in [5.74, 6) is 7.10. The van der Waals surface area contributed by atoms with Crippen LogP contribution in [0.1, 0.15) is 70.2 Å². The largest absolute Gasteiger partial charge is 0.798 e. The van der Waals surface area contributed by atoms with Crippen LogP contribution in [0.15, 0.2) is 254 Å². The Morgan fingerprint density at radius 2 is 0.470 bits per heavy atom. The van der Waals surface area contributed by atoms with E-state index in [9.17, 15) is 45.6 Å². The molecule has 20 nitrogen and oxygen atoms in total. The lowest BCUT2D eigenvalue weighted by Gasteiger charge is -2.31. The fraction of sp³-hybridized carbons (Fsp3) is 0.224. The molecule has 4 aromatic heterocycles. The first kappa shape index (κ1) is 84.7. The molecule has 8 aliphatic rings. The molecule has 0 atom stereocenters. The predicted molar refractivity (Wildman–Crippen MR) is 457 cm³/mol. The van der Waals surface area contributed by atoms with Gasteiger partial charge < -0.3 is 21.2 Å². The maximum atomic E-state index is 11.4. The number of nitrogens with zero attached hydrogens (tertiary/aromatic N) is 18. The van der Waals surface area contributed by atoms with Crippen LogP contribution in [0, 0.1) is 28.1 Å². The SMILES string of the molecule is CF.CF.CF.CF.CF.CF.CF.CF.C[Si](C)(CCCC(C#N)(C#N)CCC[Si](C)(C)[O][Al]1[n]2c3c4ccccc4c2N=C2N=C(N=c4c5ccccc5c([n]41)=NC1=NC(=N3)c3ccccc31)c1ccccc12)[O][Al]1[n]2c3c4ccccc4c2N=C2N=C(N=c4c5ccccc5c([n]41)=NC1=NC(=N3)c3ccccc31)c1ccccc12. The van der Waals surface area contributed by atoms with Gasteiger partial charge in [0.1, 0.15) is 50.6 Å². The number of alkyl halides is 8. The molecule has 0 fully saturated rings. The highest BCUT2D eigenvalue weighted by Crippen LogP contribution is 2.45. The van der Waals surface area contributed by atoms with Gasteiger partial charge in [0.05, 0.1) is 69.6 Å². The number of nitriles is 2. The van der Waals surface area contributed by atoms with Crippen LogP contribution >= 0.6 is 0 Å². The number of hydrogen-bond acceptors (Lipinski definition) is 16. The fourth-order valence-electron chi connectivity index (χ4n) is 15.7. The van der Waals surface area contributed by atoms with Gasteiger partial charge in [-0.1, -0.05) is 207 Å². The van der Waals surface area contributed by atoms with Gasteiger partial charge in [0.15, 0.2) is 63.3 Å². The van der Waals surface area contributed by atoms with E-state index < -0.39 is 51.9 Å². The summed E-state index contributed by atoms with van der Waals surface area (Å²) in [7, 11) is -1.78. The van der Waals surface area contributed by atoms with E-state index in [1.807, 2.05) is 97.1 Å². The summed E-state index contributed by atoms with van der Waals surface area (Å²) < 4.78 is 101. The molecule has 0 N–H and O–H groups in total. The molecule has 20 rings (SSSR count). The Kier molecular flexibility index (Phi) is 26.5. The van der Waals surface area contributed by atoms with Crippen LogP contribution in [0.3, 0.4) is 0 Å². The molecule has 12 heterocycles. The Labute approximate surface area is 681 Å². The minimum atomic E-state index is -3.22.